The Labute approximate surface area is 170 Å². The molecule has 1 aliphatic rings. The first kappa shape index (κ1) is 19.3. The maximum Gasteiger partial charge on any atom is 0.257 e. The van der Waals surface area contributed by atoms with Crippen LogP contribution in [0, 0.1) is 25.6 Å². The monoisotopic (exact) mass is 392 g/mol. The molecule has 150 valence electrons. The van der Waals surface area contributed by atoms with Crippen molar-refractivity contribution < 1.29 is 9.18 Å². The number of halogens is 1. The molecule has 3 heterocycles. The summed E-state index contributed by atoms with van der Waals surface area (Å²) >= 11 is 0. The SMILES string of the molecule is Cc1ccc2c(Nc3ccc(F)c(C)c3)c(C(=O)N3CCC[C@H](C)C3)cnc2n1. The van der Waals surface area contributed by atoms with Gasteiger partial charge in [0.2, 0.25) is 0 Å². The molecule has 1 aromatic carbocycles. The largest absolute Gasteiger partial charge is 0.354 e. The summed E-state index contributed by atoms with van der Waals surface area (Å²) in [5, 5.41) is 4.11. The van der Waals surface area contributed by atoms with Crippen molar-refractivity contribution in [3.63, 3.8) is 0 Å². The normalized spacial score (nSPS) is 16.8. The summed E-state index contributed by atoms with van der Waals surface area (Å²) in [6.45, 7) is 7.30. The Hall–Kier alpha value is -3.02. The number of likely N-dealkylation sites (tertiary alicyclic amines) is 1. The highest BCUT2D eigenvalue weighted by atomic mass is 19.1. The van der Waals surface area contributed by atoms with Gasteiger partial charge in [-0.1, -0.05) is 6.92 Å². The van der Waals surface area contributed by atoms with E-state index >= 15 is 0 Å². The van der Waals surface area contributed by atoms with Crippen molar-refractivity contribution >= 4 is 28.3 Å². The van der Waals surface area contributed by atoms with Gasteiger partial charge >= 0.3 is 0 Å². The number of aromatic nitrogens is 2. The number of benzene rings is 1. The number of carbonyl (C=O) groups excluding carboxylic acids is 1. The Morgan fingerprint density at radius 2 is 2.07 bits per heavy atom. The van der Waals surface area contributed by atoms with Crippen molar-refractivity contribution in [1.29, 1.82) is 0 Å². The Morgan fingerprint density at radius 1 is 1.24 bits per heavy atom. The van der Waals surface area contributed by atoms with E-state index < -0.39 is 0 Å². The molecule has 1 N–H and O–H groups in total. The first-order valence-electron chi connectivity index (χ1n) is 10.0. The number of nitrogens with one attached hydrogen (secondary N) is 1. The van der Waals surface area contributed by atoms with Gasteiger partial charge in [0.15, 0.2) is 5.65 Å². The molecule has 6 heteroatoms. The standard InChI is InChI=1S/C23H25FN4O/c1-14-5-4-10-28(13-14)23(29)19-12-25-22-18(8-6-16(3)26-22)21(19)27-17-7-9-20(24)15(2)11-17/h6-9,11-12,14H,4-5,10,13H2,1-3H3,(H,25,26,27)/t14-/m0/s1. The molecule has 0 spiro atoms. The molecule has 4 rings (SSSR count). The molecule has 0 saturated carbocycles. The first-order valence-corrected chi connectivity index (χ1v) is 10.0. The maximum absolute atomic E-state index is 13.7. The fraction of sp³-hybridized carbons (Fsp3) is 0.348. The summed E-state index contributed by atoms with van der Waals surface area (Å²) in [7, 11) is 0. The van der Waals surface area contributed by atoms with E-state index in [1.165, 1.54) is 6.07 Å². The third-order valence-corrected chi connectivity index (χ3v) is 5.47. The molecule has 1 saturated heterocycles. The number of amides is 1. The van der Waals surface area contributed by atoms with Crippen LogP contribution in [-0.2, 0) is 0 Å². The molecule has 1 aliphatic heterocycles. The third-order valence-electron chi connectivity index (χ3n) is 5.47. The van der Waals surface area contributed by atoms with Crippen LogP contribution in [0.5, 0.6) is 0 Å². The quantitative estimate of drug-likeness (QED) is 0.681. The molecule has 0 aliphatic carbocycles. The zero-order valence-corrected chi connectivity index (χ0v) is 17.0. The summed E-state index contributed by atoms with van der Waals surface area (Å²) in [5.74, 6) is 0.195. The van der Waals surface area contributed by atoms with Crippen molar-refractivity contribution in [2.24, 2.45) is 5.92 Å². The van der Waals surface area contributed by atoms with Gasteiger partial charge in [-0.15, -0.1) is 0 Å². The summed E-state index contributed by atoms with van der Waals surface area (Å²) in [6, 6.07) is 8.67. The minimum atomic E-state index is -0.258. The Bertz CT molecular complexity index is 1080. The molecule has 3 aromatic rings. The van der Waals surface area contributed by atoms with Crippen LogP contribution < -0.4 is 5.32 Å². The number of pyridine rings is 2. The van der Waals surface area contributed by atoms with Crippen LogP contribution in [0.25, 0.3) is 11.0 Å². The first-order chi connectivity index (χ1) is 13.9. The number of anilines is 2. The predicted molar refractivity (Wildman–Crippen MR) is 113 cm³/mol. The second-order valence-electron chi connectivity index (χ2n) is 7.96. The fourth-order valence-corrected chi connectivity index (χ4v) is 3.88. The average Bonchev–Trinajstić information content (AvgIpc) is 2.70. The van der Waals surface area contributed by atoms with E-state index in [9.17, 15) is 9.18 Å². The predicted octanol–water partition coefficient (Wildman–Crippen LogP) is 5.00. The number of piperidine rings is 1. The number of nitrogens with zero attached hydrogens (tertiary/aromatic N) is 3. The molecule has 5 nitrogen and oxygen atoms in total. The van der Waals surface area contributed by atoms with Gasteiger partial charge in [0.25, 0.3) is 5.91 Å². The number of rotatable bonds is 3. The van der Waals surface area contributed by atoms with E-state index in [0.29, 0.717) is 28.4 Å². The van der Waals surface area contributed by atoms with E-state index in [-0.39, 0.29) is 11.7 Å². The lowest BCUT2D eigenvalue weighted by atomic mass is 9.99. The van der Waals surface area contributed by atoms with Crippen LogP contribution in [0.15, 0.2) is 36.5 Å². The number of aryl methyl sites for hydroxylation is 2. The van der Waals surface area contributed by atoms with Crippen molar-refractivity contribution in [3.05, 3.63) is 59.2 Å². The minimum Gasteiger partial charge on any atom is -0.354 e. The molecule has 1 atom stereocenters. The minimum absolute atomic E-state index is 0.0344. The number of fused-ring (bicyclic) bond motifs is 1. The zero-order valence-electron chi connectivity index (χ0n) is 17.0. The summed E-state index contributed by atoms with van der Waals surface area (Å²) in [5.41, 5.74) is 3.88. The van der Waals surface area contributed by atoms with Gasteiger partial charge in [-0.25, -0.2) is 14.4 Å². The van der Waals surface area contributed by atoms with Crippen molar-refractivity contribution in [3.8, 4) is 0 Å². The van der Waals surface area contributed by atoms with Crippen LogP contribution in [0.1, 0.15) is 41.4 Å². The molecular weight excluding hydrogens is 367 g/mol. The Morgan fingerprint density at radius 3 is 2.83 bits per heavy atom. The van der Waals surface area contributed by atoms with Crippen molar-refractivity contribution in [1.82, 2.24) is 14.9 Å². The zero-order chi connectivity index (χ0) is 20.5. The fourth-order valence-electron chi connectivity index (χ4n) is 3.88. The topological polar surface area (TPSA) is 58.1 Å². The lowest BCUT2D eigenvalue weighted by Gasteiger charge is -2.31. The van der Waals surface area contributed by atoms with Crippen LogP contribution in [0.2, 0.25) is 0 Å². The van der Waals surface area contributed by atoms with Gasteiger partial charge in [-0.3, -0.25) is 4.79 Å². The molecule has 2 aromatic heterocycles. The van der Waals surface area contributed by atoms with Gasteiger partial charge in [0.05, 0.1) is 11.3 Å². The average molecular weight is 392 g/mol. The van der Waals surface area contributed by atoms with Crippen LogP contribution in [0.4, 0.5) is 15.8 Å². The van der Waals surface area contributed by atoms with Gasteiger partial charge < -0.3 is 10.2 Å². The maximum atomic E-state index is 13.7. The Kier molecular flexibility index (Phi) is 5.18. The second-order valence-corrected chi connectivity index (χ2v) is 7.96. The summed E-state index contributed by atoms with van der Waals surface area (Å²) in [6.07, 6.45) is 3.76. The van der Waals surface area contributed by atoms with Crippen LogP contribution in [-0.4, -0.2) is 33.9 Å². The van der Waals surface area contributed by atoms with Gasteiger partial charge in [-0.05, 0) is 68.5 Å². The number of hydrogen-bond donors (Lipinski definition) is 1. The van der Waals surface area contributed by atoms with Crippen LogP contribution in [0.3, 0.4) is 0 Å². The lowest BCUT2D eigenvalue weighted by Crippen LogP contribution is -2.39. The highest BCUT2D eigenvalue weighted by molar-refractivity contribution is 6.07. The summed E-state index contributed by atoms with van der Waals surface area (Å²) in [4.78, 5) is 24.2. The van der Waals surface area contributed by atoms with E-state index in [0.717, 1.165) is 42.7 Å². The smallest absolute Gasteiger partial charge is 0.257 e. The van der Waals surface area contributed by atoms with E-state index in [1.54, 1.807) is 25.3 Å². The second kappa shape index (κ2) is 7.78. The van der Waals surface area contributed by atoms with Crippen LogP contribution >= 0.6 is 0 Å². The van der Waals surface area contributed by atoms with Gasteiger partial charge in [-0.2, -0.15) is 0 Å². The number of hydrogen-bond acceptors (Lipinski definition) is 4. The lowest BCUT2D eigenvalue weighted by molar-refractivity contribution is 0.0684. The molecule has 0 unspecified atom stereocenters. The van der Waals surface area contributed by atoms with E-state index in [2.05, 4.69) is 22.2 Å². The summed E-state index contributed by atoms with van der Waals surface area (Å²) < 4.78 is 13.7. The highest BCUT2D eigenvalue weighted by Crippen LogP contribution is 2.31. The third kappa shape index (κ3) is 3.92. The van der Waals surface area contributed by atoms with E-state index in [4.69, 9.17) is 0 Å². The number of carbonyl (C=O) groups is 1. The van der Waals surface area contributed by atoms with Gasteiger partial charge in [0.1, 0.15) is 5.82 Å². The molecule has 0 radical (unpaired) electrons. The Balaban J connectivity index is 1.80. The molecule has 1 amide bonds. The van der Waals surface area contributed by atoms with Crippen molar-refractivity contribution in [2.45, 2.75) is 33.6 Å². The van der Waals surface area contributed by atoms with E-state index in [1.807, 2.05) is 24.0 Å². The van der Waals surface area contributed by atoms with Crippen molar-refractivity contribution in [2.75, 3.05) is 18.4 Å². The molecular formula is C23H25FN4O. The molecule has 1 fully saturated rings. The highest BCUT2D eigenvalue weighted by Gasteiger charge is 2.25. The molecule has 0 bridgehead atoms. The molecule has 29 heavy (non-hydrogen) atoms. The van der Waals surface area contributed by atoms with Gasteiger partial charge in [0, 0.05) is 36.1 Å².